The zero-order valence-electron chi connectivity index (χ0n) is 16.4. The van der Waals surface area contributed by atoms with Crippen LogP contribution in [0.1, 0.15) is 44.9 Å². The maximum absolute atomic E-state index is 10.4. The van der Waals surface area contributed by atoms with E-state index in [1.165, 1.54) is 24.8 Å². The lowest BCUT2D eigenvalue weighted by molar-refractivity contribution is 0.192. The Morgan fingerprint density at radius 3 is 2.97 bits per heavy atom. The van der Waals surface area contributed by atoms with Gasteiger partial charge in [0.15, 0.2) is 5.82 Å². The fraction of sp³-hybridized carbons (Fsp3) is 0.364. The van der Waals surface area contributed by atoms with Crippen LogP contribution in [0.5, 0.6) is 5.75 Å². The van der Waals surface area contributed by atoms with Crippen LogP contribution in [-0.2, 0) is 0 Å². The van der Waals surface area contributed by atoms with E-state index in [4.69, 9.17) is 0 Å². The first-order chi connectivity index (χ1) is 14.1. The number of benzene rings is 1. The molecule has 0 radical (unpaired) electrons. The summed E-state index contributed by atoms with van der Waals surface area (Å²) < 4.78 is 1.83. The van der Waals surface area contributed by atoms with Gasteiger partial charge in [0.2, 0.25) is 0 Å². The van der Waals surface area contributed by atoms with Gasteiger partial charge in [0.05, 0.1) is 18.2 Å². The van der Waals surface area contributed by atoms with E-state index < -0.39 is 0 Å². The summed E-state index contributed by atoms with van der Waals surface area (Å²) in [6, 6.07) is 5.97. The number of rotatable bonds is 3. The number of imidazole rings is 1. The quantitative estimate of drug-likeness (QED) is 0.714. The maximum atomic E-state index is 10.4. The molecule has 2 bridgehead atoms. The fourth-order valence-corrected chi connectivity index (χ4v) is 4.63. The Balaban J connectivity index is 1.37. The van der Waals surface area contributed by atoms with Gasteiger partial charge in [-0.3, -0.25) is 0 Å². The molecule has 0 saturated carbocycles. The van der Waals surface area contributed by atoms with Gasteiger partial charge in [0.25, 0.3) is 0 Å². The molecule has 0 spiro atoms. The molecule has 1 aromatic carbocycles. The predicted octanol–water partition coefficient (Wildman–Crippen LogP) is 3.51. The van der Waals surface area contributed by atoms with Crippen LogP contribution in [0.4, 0.5) is 0 Å². The number of aromatic hydroxyl groups is 1. The molecule has 2 aliphatic heterocycles. The Labute approximate surface area is 169 Å². The largest absolute Gasteiger partial charge is 0.507 e. The third kappa shape index (κ3) is 3.65. The van der Waals surface area contributed by atoms with Gasteiger partial charge in [-0.2, -0.15) is 0 Å². The van der Waals surface area contributed by atoms with Crippen LogP contribution >= 0.6 is 0 Å². The summed E-state index contributed by atoms with van der Waals surface area (Å²) in [6.45, 7) is 2.31. The van der Waals surface area contributed by atoms with Gasteiger partial charge in [-0.1, -0.05) is 12.0 Å². The second kappa shape index (κ2) is 7.08. The summed E-state index contributed by atoms with van der Waals surface area (Å²) >= 11 is 0. The van der Waals surface area contributed by atoms with Crippen molar-refractivity contribution in [3.05, 3.63) is 54.5 Å². The highest BCUT2D eigenvalue weighted by Crippen LogP contribution is 2.37. The van der Waals surface area contributed by atoms with E-state index >= 15 is 0 Å². The number of piperidine rings is 2. The van der Waals surface area contributed by atoms with Gasteiger partial charge in [-0.25, -0.2) is 9.97 Å². The van der Waals surface area contributed by atoms with Gasteiger partial charge in [0, 0.05) is 35.6 Å². The Morgan fingerprint density at radius 2 is 2.24 bits per heavy atom. The lowest BCUT2D eigenvalue weighted by Crippen LogP contribution is -2.55. The van der Waals surface area contributed by atoms with Crippen molar-refractivity contribution in [3.63, 3.8) is 0 Å². The van der Waals surface area contributed by atoms with Crippen molar-refractivity contribution in [2.75, 3.05) is 0 Å². The topological polar surface area (TPSA) is 88.8 Å². The summed E-state index contributed by atoms with van der Waals surface area (Å²) in [5.74, 6) is 0.763. The van der Waals surface area contributed by atoms with Gasteiger partial charge in [-0.15, -0.1) is 10.2 Å². The molecule has 7 nitrogen and oxygen atoms in total. The highest BCUT2D eigenvalue weighted by Gasteiger charge is 2.36. The Hall–Kier alpha value is -3.06. The molecule has 1 unspecified atom stereocenters. The monoisotopic (exact) mass is 388 g/mol. The zero-order chi connectivity index (χ0) is 19.8. The van der Waals surface area contributed by atoms with Crippen LogP contribution in [0.3, 0.4) is 0 Å². The normalized spacial score (nSPS) is 25.3. The molecule has 29 heavy (non-hydrogen) atoms. The van der Waals surface area contributed by atoms with E-state index in [0.717, 1.165) is 18.5 Å². The molecule has 2 aromatic heterocycles. The average Bonchev–Trinajstić information content (AvgIpc) is 3.23. The summed E-state index contributed by atoms with van der Waals surface area (Å²) in [5.41, 5.74) is 3.57. The third-order valence-corrected chi connectivity index (χ3v) is 5.93. The van der Waals surface area contributed by atoms with Crippen molar-refractivity contribution in [2.45, 2.75) is 50.6 Å². The van der Waals surface area contributed by atoms with Crippen LogP contribution < -0.4 is 5.32 Å². The fourth-order valence-electron chi connectivity index (χ4n) is 4.63. The van der Waals surface area contributed by atoms with Crippen molar-refractivity contribution >= 4 is 6.08 Å². The summed E-state index contributed by atoms with van der Waals surface area (Å²) in [7, 11) is 0. The van der Waals surface area contributed by atoms with Gasteiger partial charge < -0.3 is 15.0 Å². The molecule has 2 aliphatic rings. The van der Waals surface area contributed by atoms with Crippen molar-refractivity contribution in [1.29, 1.82) is 0 Å². The molecule has 5 rings (SSSR count). The number of aromatic nitrogens is 5. The molecule has 2 atom stereocenters. The second-order valence-corrected chi connectivity index (χ2v) is 8.35. The van der Waals surface area contributed by atoms with E-state index in [2.05, 4.69) is 38.5 Å². The number of hydrogen-bond donors (Lipinski definition) is 2. The molecule has 7 heteroatoms. The molecule has 148 valence electrons. The molecule has 2 fully saturated rings. The number of hydrogen-bond acceptors (Lipinski definition) is 6. The van der Waals surface area contributed by atoms with E-state index in [1.54, 1.807) is 24.8 Å². The highest BCUT2D eigenvalue weighted by molar-refractivity contribution is 5.68. The number of phenolic OH excluding ortho intramolecular Hbond substituents is 1. The van der Waals surface area contributed by atoms with E-state index in [9.17, 15) is 5.11 Å². The molecule has 2 N–H and O–H groups in total. The van der Waals surface area contributed by atoms with Gasteiger partial charge in [0.1, 0.15) is 11.4 Å². The van der Waals surface area contributed by atoms with Crippen LogP contribution in [0.2, 0.25) is 0 Å². The van der Waals surface area contributed by atoms with E-state index in [-0.39, 0.29) is 11.3 Å². The summed E-state index contributed by atoms with van der Waals surface area (Å²) in [4.78, 5) is 8.51. The smallest absolute Gasteiger partial charge is 0.174 e. The maximum Gasteiger partial charge on any atom is 0.174 e. The molecule has 0 aliphatic carbocycles. The summed E-state index contributed by atoms with van der Waals surface area (Å²) in [5, 5.41) is 22.8. The lowest BCUT2D eigenvalue weighted by atomic mass is 9.75. The minimum Gasteiger partial charge on any atom is -0.507 e. The van der Waals surface area contributed by atoms with Crippen LogP contribution in [0.15, 0.2) is 48.7 Å². The van der Waals surface area contributed by atoms with Crippen molar-refractivity contribution in [2.24, 2.45) is 0 Å². The standard InChI is InChI=1S/C22H24N6O/c1-22-6-2-3-16(25-22)9-15(12-22)10-21-24-13-19(26-27-21)18-5-4-17(11-20(18)29)28-8-7-23-14-28/h4-5,7-8,10-11,13-14,16,25,29H,2-3,6,9,12H2,1H3/b15-10+/t16?,22-/m0/s1. The van der Waals surface area contributed by atoms with Gasteiger partial charge in [-0.05, 0) is 50.8 Å². The lowest BCUT2D eigenvalue weighted by Gasteiger charge is -2.45. The van der Waals surface area contributed by atoms with Crippen LogP contribution in [-0.4, -0.2) is 41.4 Å². The van der Waals surface area contributed by atoms with Crippen molar-refractivity contribution < 1.29 is 5.11 Å². The van der Waals surface area contributed by atoms with Crippen molar-refractivity contribution in [3.8, 4) is 22.7 Å². The molecule has 2 saturated heterocycles. The Bertz CT molecular complexity index is 1040. The number of nitrogens with zero attached hydrogens (tertiary/aromatic N) is 5. The van der Waals surface area contributed by atoms with Gasteiger partial charge >= 0.3 is 0 Å². The van der Waals surface area contributed by atoms with Crippen LogP contribution in [0, 0.1) is 0 Å². The minimum absolute atomic E-state index is 0.137. The first-order valence-corrected chi connectivity index (χ1v) is 10.1. The number of fused-ring (bicyclic) bond motifs is 2. The Morgan fingerprint density at radius 1 is 1.31 bits per heavy atom. The summed E-state index contributed by atoms with van der Waals surface area (Å²) in [6.07, 6.45) is 14.8. The molecule has 3 aromatic rings. The number of phenols is 1. The predicted molar refractivity (Wildman–Crippen MR) is 110 cm³/mol. The highest BCUT2D eigenvalue weighted by atomic mass is 16.3. The SMILES string of the molecule is C[C@]12CCCC(C/C(=C\c3ncc(-c4ccc(-n5ccnc5)cc4O)nn3)C1)N2. The average molecular weight is 388 g/mol. The van der Waals surface area contributed by atoms with Crippen LogP contribution in [0.25, 0.3) is 23.0 Å². The Kier molecular flexibility index (Phi) is 4.39. The van der Waals surface area contributed by atoms with E-state index in [0.29, 0.717) is 23.1 Å². The second-order valence-electron chi connectivity index (χ2n) is 8.35. The third-order valence-electron chi connectivity index (χ3n) is 5.93. The molecule has 0 amide bonds. The number of nitrogens with one attached hydrogen (secondary N) is 1. The first kappa shape index (κ1) is 18.0. The van der Waals surface area contributed by atoms with E-state index in [1.807, 2.05) is 22.9 Å². The molecule has 4 heterocycles. The zero-order valence-corrected chi connectivity index (χ0v) is 16.4. The minimum atomic E-state index is 0.137. The molecular formula is C22H24N6O. The first-order valence-electron chi connectivity index (χ1n) is 10.1. The van der Waals surface area contributed by atoms with Crippen molar-refractivity contribution in [1.82, 2.24) is 30.0 Å². The molecular weight excluding hydrogens is 364 g/mol.